The van der Waals surface area contributed by atoms with Gasteiger partial charge in [-0.15, -0.1) is 11.6 Å². The molecule has 4 heteroatoms. The molecule has 14 heavy (non-hydrogen) atoms. The molecule has 0 saturated heterocycles. The van der Waals surface area contributed by atoms with Crippen molar-refractivity contribution in [2.24, 2.45) is 0 Å². The zero-order chi connectivity index (χ0) is 10.4. The molecule has 0 aliphatic heterocycles. The highest BCUT2D eigenvalue weighted by Gasteiger charge is 2.06. The van der Waals surface area contributed by atoms with Gasteiger partial charge in [0, 0.05) is 12.0 Å². The van der Waals surface area contributed by atoms with Crippen LogP contribution in [0.5, 0.6) is 5.75 Å². The van der Waals surface area contributed by atoms with Gasteiger partial charge in [-0.25, -0.2) is 0 Å². The van der Waals surface area contributed by atoms with Gasteiger partial charge < -0.3 is 4.74 Å². The molecule has 0 atom stereocenters. The van der Waals surface area contributed by atoms with Crippen molar-refractivity contribution in [3.05, 3.63) is 28.8 Å². The molecular formula is C10H11Cl2FO. The summed E-state index contributed by atoms with van der Waals surface area (Å²) in [7, 11) is 0. The number of hydrogen-bond donors (Lipinski definition) is 0. The number of hydrogen-bond acceptors (Lipinski definition) is 1. The minimum atomic E-state index is -0.388. The van der Waals surface area contributed by atoms with Crippen LogP contribution in [-0.2, 0) is 5.88 Å². The maximum absolute atomic E-state index is 11.8. The molecule has 0 fully saturated rings. The van der Waals surface area contributed by atoms with E-state index in [0.29, 0.717) is 29.7 Å². The largest absolute Gasteiger partial charge is 0.492 e. The van der Waals surface area contributed by atoms with Crippen molar-refractivity contribution in [1.29, 1.82) is 0 Å². The average molecular weight is 237 g/mol. The van der Waals surface area contributed by atoms with E-state index in [9.17, 15) is 4.39 Å². The molecule has 0 N–H and O–H groups in total. The normalized spacial score (nSPS) is 10.2. The number of halogens is 3. The summed E-state index contributed by atoms with van der Waals surface area (Å²) in [5, 5.41) is 0.516. The van der Waals surface area contributed by atoms with Crippen LogP contribution < -0.4 is 4.74 Å². The number of para-hydroxylation sites is 1. The molecular weight excluding hydrogens is 226 g/mol. The number of benzene rings is 1. The molecule has 0 aliphatic carbocycles. The molecule has 0 heterocycles. The van der Waals surface area contributed by atoms with E-state index in [1.807, 2.05) is 12.1 Å². The third-order valence-electron chi connectivity index (χ3n) is 1.72. The Morgan fingerprint density at radius 2 is 2.14 bits per heavy atom. The lowest BCUT2D eigenvalue weighted by molar-refractivity contribution is 0.288. The molecule has 0 amide bonds. The van der Waals surface area contributed by atoms with E-state index in [1.165, 1.54) is 0 Å². The molecule has 78 valence electrons. The topological polar surface area (TPSA) is 9.23 Å². The molecule has 1 aromatic rings. The zero-order valence-corrected chi connectivity index (χ0v) is 9.11. The maximum Gasteiger partial charge on any atom is 0.142 e. The predicted octanol–water partition coefficient (Wildman–Crippen LogP) is 3.82. The van der Waals surface area contributed by atoms with Crippen LogP contribution in [0.15, 0.2) is 18.2 Å². The maximum atomic E-state index is 11.8. The third kappa shape index (κ3) is 3.03. The Kier molecular flexibility index (Phi) is 5.05. The summed E-state index contributed by atoms with van der Waals surface area (Å²) in [6.45, 7) is -0.0647. The number of rotatable bonds is 5. The van der Waals surface area contributed by atoms with Crippen LogP contribution >= 0.6 is 23.2 Å². The van der Waals surface area contributed by atoms with Crippen molar-refractivity contribution >= 4 is 23.2 Å². The Hall–Kier alpha value is -0.470. The first-order chi connectivity index (χ1) is 6.79. The highest BCUT2D eigenvalue weighted by Crippen LogP contribution is 2.29. The summed E-state index contributed by atoms with van der Waals surface area (Å²) in [6, 6.07) is 5.37. The summed E-state index contributed by atoms with van der Waals surface area (Å²) in [4.78, 5) is 0. The average Bonchev–Trinajstić information content (AvgIpc) is 2.20. The Morgan fingerprint density at radius 3 is 2.79 bits per heavy atom. The second-order valence-corrected chi connectivity index (χ2v) is 3.43. The summed E-state index contributed by atoms with van der Waals surface area (Å²) < 4.78 is 17.2. The fourth-order valence-electron chi connectivity index (χ4n) is 1.05. The molecule has 1 rings (SSSR count). The molecule has 0 aromatic heterocycles. The van der Waals surface area contributed by atoms with Gasteiger partial charge >= 0.3 is 0 Å². The molecule has 1 nitrogen and oxygen atoms in total. The lowest BCUT2D eigenvalue weighted by Gasteiger charge is -2.10. The minimum Gasteiger partial charge on any atom is -0.492 e. The van der Waals surface area contributed by atoms with E-state index >= 15 is 0 Å². The fourth-order valence-corrected chi connectivity index (χ4v) is 1.51. The van der Waals surface area contributed by atoms with E-state index in [4.69, 9.17) is 27.9 Å². The SMILES string of the molecule is FCCCOc1c(Cl)cccc1CCl. The van der Waals surface area contributed by atoms with Gasteiger partial charge in [-0.2, -0.15) is 0 Å². The van der Waals surface area contributed by atoms with Crippen LogP contribution in [0.25, 0.3) is 0 Å². The Morgan fingerprint density at radius 1 is 1.36 bits per heavy atom. The molecule has 0 bridgehead atoms. The van der Waals surface area contributed by atoms with Crippen molar-refractivity contribution in [2.75, 3.05) is 13.3 Å². The van der Waals surface area contributed by atoms with Crippen LogP contribution in [0.3, 0.4) is 0 Å². The quantitative estimate of drug-likeness (QED) is 0.558. The highest BCUT2D eigenvalue weighted by molar-refractivity contribution is 6.32. The third-order valence-corrected chi connectivity index (χ3v) is 2.30. The van der Waals surface area contributed by atoms with Crippen molar-refractivity contribution < 1.29 is 9.13 Å². The van der Waals surface area contributed by atoms with E-state index in [0.717, 1.165) is 5.56 Å². The van der Waals surface area contributed by atoms with Gasteiger partial charge in [0.15, 0.2) is 0 Å². The van der Waals surface area contributed by atoms with Crippen molar-refractivity contribution in [3.63, 3.8) is 0 Å². The predicted molar refractivity (Wildman–Crippen MR) is 57.1 cm³/mol. The van der Waals surface area contributed by atoms with Crippen molar-refractivity contribution in [2.45, 2.75) is 12.3 Å². The second-order valence-electron chi connectivity index (χ2n) is 2.75. The number of alkyl halides is 2. The number of ether oxygens (including phenoxy) is 1. The van der Waals surface area contributed by atoms with Gasteiger partial charge in [0.2, 0.25) is 0 Å². The van der Waals surface area contributed by atoms with E-state index < -0.39 is 0 Å². The zero-order valence-electron chi connectivity index (χ0n) is 7.60. The first-order valence-electron chi connectivity index (χ1n) is 4.31. The molecule has 0 unspecified atom stereocenters. The standard InChI is InChI=1S/C10H11Cl2FO/c11-7-8-3-1-4-9(12)10(8)14-6-2-5-13/h1,3-4H,2,5-7H2. The Balaban J connectivity index is 2.72. The van der Waals surface area contributed by atoms with Crippen LogP contribution in [0.2, 0.25) is 5.02 Å². The highest BCUT2D eigenvalue weighted by atomic mass is 35.5. The van der Waals surface area contributed by atoms with Gasteiger partial charge in [0.1, 0.15) is 5.75 Å². The molecule has 1 aromatic carbocycles. The van der Waals surface area contributed by atoms with Crippen molar-refractivity contribution in [1.82, 2.24) is 0 Å². The second kappa shape index (κ2) is 6.10. The van der Waals surface area contributed by atoms with Gasteiger partial charge in [-0.1, -0.05) is 23.7 Å². The van der Waals surface area contributed by atoms with Crippen molar-refractivity contribution in [3.8, 4) is 5.75 Å². The first-order valence-corrected chi connectivity index (χ1v) is 5.23. The molecule has 0 radical (unpaired) electrons. The van der Waals surface area contributed by atoms with Crippen LogP contribution in [0.4, 0.5) is 4.39 Å². The van der Waals surface area contributed by atoms with Gasteiger partial charge in [0.25, 0.3) is 0 Å². The van der Waals surface area contributed by atoms with Gasteiger partial charge in [-0.3, -0.25) is 4.39 Å². The lowest BCUT2D eigenvalue weighted by atomic mass is 10.2. The smallest absolute Gasteiger partial charge is 0.142 e. The van der Waals surface area contributed by atoms with E-state index in [2.05, 4.69) is 0 Å². The summed E-state index contributed by atoms with van der Waals surface area (Å²) >= 11 is 11.6. The summed E-state index contributed by atoms with van der Waals surface area (Å²) in [5.74, 6) is 0.906. The Bertz CT molecular complexity index is 291. The summed E-state index contributed by atoms with van der Waals surface area (Å²) in [5.41, 5.74) is 0.832. The lowest BCUT2D eigenvalue weighted by Crippen LogP contribution is -2.00. The van der Waals surface area contributed by atoms with E-state index in [1.54, 1.807) is 6.07 Å². The monoisotopic (exact) mass is 236 g/mol. The van der Waals surface area contributed by atoms with Gasteiger partial charge in [-0.05, 0) is 6.07 Å². The Labute approximate surface area is 92.8 Å². The van der Waals surface area contributed by atoms with Crippen LogP contribution in [-0.4, -0.2) is 13.3 Å². The fraction of sp³-hybridized carbons (Fsp3) is 0.400. The first kappa shape index (κ1) is 11.6. The molecule has 0 spiro atoms. The van der Waals surface area contributed by atoms with Gasteiger partial charge in [0.05, 0.1) is 24.2 Å². The van der Waals surface area contributed by atoms with E-state index in [-0.39, 0.29) is 6.67 Å². The molecule has 0 saturated carbocycles. The summed E-state index contributed by atoms with van der Waals surface area (Å²) in [6.07, 6.45) is 0.368. The van der Waals surface area contributed by atoms with Crippen LogP contribution in [0.1, 0.15) is 12.0 Å². The molecule has 0 aliphatic rings. The minimum absolute atomic E-state index is 0.324. The van der Waals surface area contributed by atoms with Crippen LogP contribution in [0, 0.1) is 0 Å².